The number of rotatable bonds is 2. The Morgan fingerprint density at radius 1 is 1.31 bits per heavy atom. The molecule has 1 amide bonds. The van der Waals surface area contributed by atoms with Crippen molar-refractivity contribution in [2.24, 2.45) is 11.8 Å². The molecule has 1 N–H and O–H groups in total. The molecule has 2 fully saturated rings. The summed E-state index contributed by atoms with van der Waals surface area (Å²) in [5, 5.41) is 2.08. The Bertz CT molecular complexity index is 199. The predicted molar refractivity (Wildman–Crippen MR) is 50.8 cm³/mol. The summed E-state index contributed by atoms with van der Waals surface area (Å²) in [7, 11) is 0. The number of carbonyl (C=O) groups excluding carboxylic acids is 1. The summed E-state index contributed by atoms with van der Waals surface area (Å²) in [5.41, 5.74) is 3.01. The number of hydrogen-bond donors (Lipinski definition) is 1. The molecule has 1 heterocycles. The molecule has 1 aliphatic heterocycles. The molecule has 13 heavy (non-hydrogen) atoms. The molecule has 74 valence electrons. The molecule has 0 spiro atoms. The lowest BCUT2D eigenvalue weighted by Crippen LogP contribution is -2.45. The van der Waals surface area contributed by atoms with Crippen LogP contribution in [0.5, 0.6) is 0 Å². The second-order valence-electron chi connectivity index (χ2n) is 4.34. The van der Waals surface area contributed by atoms with Gasteiger partial charge in [-0.25, -0.2) is 5.01 Å². The number of hydrazine groups is 1. The molecule has 2 rings (SSSR count). The fraction of sp³-hybridized carbons (Fsp3) is 0.900. The van der Waals surface area contributed by atoms with Gasteiger partial charge in [0.15, 0.2) is 0 Å². The molecule has 0 aromatic rings. The third kappa shape index (κ3) is 2.21. The minimum atomic E-state index is 0.245. The molecule has 0 radical (unpaired) electrons. The molecule has 0 aromatic heterocycles. The van der Waals surface area contributed by atoms with Gasteiger partial charge in [0.05, 0.1) is 0 Å². The van der Waals surface area contributed by atoms with Crippen LogP contribution in [0.4, 0.5) is 0 Å². The van der Waals surface area contributed by atoms with Gasteiger partial charge < -0.3 is 0 Å². The first-order valence-electron chi connectivity index (χ1n) is 5.33. The van der Waals surface area contributed by atoms with Gasteiger partial charge >= 0.3 is 0 Å². The first-order chi connectivity index (χ1) is 6.27. The fourth-order valence-corrected chi connectivity index (χ4v) is 1.93. The van der Waals surface area contributed by atoms with E-state index in [0.717, 1.165) is 19.5 Å². The second kappa shape index (κ2) is 3.66. The highest BCUT2D eigenvalue weighted by Gasteiger charge is 2.39. The van der Waals surface area contributed by atoms with E-state index in [1.54, 1.807) is 0 Å². The summed E-state index contributed by atoms with van der Waals surface area (Å²) in [6.45, 7) is 4.21. The molecule has 2 aliphatic rings. The highest BCUT2D eigenvalue weighted by molar-refractivity contribution is 5.80. The van der Waals surface area contributed by atoms with Crippen molar-refractivity contribution >= 4 is 5.91 Å². The minimum Gasteiger partial charge on any atom is -0.289 e. The Morgan fingerprint density at radius 2 is 1.92 bits per heavy atom. The molecule has 1 saturated heterocycles. The van der Waals surface area contributed by atoms with E-state index in [1.807, 2.05) is 0 Å². The van der Waals surface area contributed by atoms with E-state index in [1.165, 1.54) is 19.3 Å². The number of amides is 1. The van der Waals surface area contributed by atoms with Crippen LogP contribution in [0.1, 0.15) is 32.6 Å². The molecule has 0 bridgehead atoms. The number of nitrogens with zero attached hydrogens (tertiary/aromatic N) is 1. The van der Waals surface area contributed by atoms with Crippen molar-refractivity contribution in [1.82, 2.24) is 10.4 Å². The van der Waals surface area contributed by atoms with E-state index in [4.69, 9.17) is 0 Å². The van der Waals surface area contributed by atoms with Crippen molar-refractivity contribution < 1.29 is 4.79 Å². The summed E-state index contributed by atoms with van der Waals surface area (Å²) >= 11 is 0. The van der Waals surface area contributed by atoms with Crippen LogP contribution in [0.25, 0.3) is 0 Å². The number of carbonyl (C=O) groups is 1. The molecule has 1 aliphatic carbocycles. The third-order valence-corrected chi connectivity index (χ3v) is 3.07. The van der Waals surface area contributed by atoms with Crippen LogP contribution in [0.2, 0.25) is 0 Å². The lowest BCUT2D eigenvalue weighted by molar-refractivity contribution is -0.127. The average molecular weight is 182 g/mol. The molecular formula is C10H18N2O. The van der Waals surface area contributed by atoms with E-state index in [2.05, 4.69) is 17.4 Å². The van der Waals surface area contributed by atoms with Gasteiger partial charge in [-0.1, -0.05) is 13.3 Å². The van der Waals surface area contributed by atoms with Crippen LogP contribution < -0.4 is 5.43 Å². The third-order valence-electron chi connectivity index (χ3n) is 3.07. The van der Waals surface area contributed by atoms with E-state index in [0.29, 0.717) is 11.8 Å². The summed E-state index contributed by atoms with van der Waals surface area (Å²) < 4.78 is 0. The summed E-state index contributed by atoms with van der Waals surface area (Å²) in [6.07, 6.45) is 4.84. The predicted octanol–water partition coefficient (Wildman–Crippen LogP) is 1.16. The highest BCUT2D eigenvalue weighted by atomic mass is 16.2. The Balaban J connectivity index is 1.73. The van der Waals surface area contributed by atoms with Crippen molar-refractivity contribution in [2.75, 3.05) is 13.1 Å². The van der Waals surface area contributed by atoms with Crippen LogP contribution in [-0.2, 0) is 4.79 Å². The SMILES string of the molecule is C[C@@H]1C[C@H]1C(=O)NN1CCCCC1. The van der Waals surface area contributed by atoms with Gasteiger partial charge in [0.2, 0.25) is 5.91 Å². The molecule has 2 atom stereocenters. The standard InChI is InChI=1S/C10H18N2O/c1-8-7-9(8)10(13)11-12-5-3-2-4-6-12/h8-9H,2-7H2,1H3,(H,11,13)/t8-,9-/m1/s1. The number of piperidine rings is 1. The Kier molecular flexibility index (Phi) is 2.54. The second-order valence-corrected chi connectivity index (χ2v) is 4.34. The summed E-state index contributed by atoms with van der Waals surface area (Å²) in [4.78, 5) is 11.5. The van der Waals surface area contributed by atoms with Gasteiger partial charge in [-0.2, -0.15) is 0 Å². The van der Waals surface area contributed by atoms with Gasteiger partial charge in [-0.15, -0.1) is 0 Å². The molecule has 1 saturated carbocycles. The van der Waals surface area contributed by atoms with Crippen LogP contribution in [0, 0.1) is 11.8 Å². The first kappa shape index (κ1) is 9.00. The smallest absolute Gasteiger partial charge is 0.237 e. The van der Waals surface area contributed by atoms with Crippen LogP contribution in [0.3, 0.4) is 0 Å². The van der Waals surface area contributed by atoms with Crippen molar-refractivity contribution in [1.29, 1.82) is 0 Å². The van der Waals surface area contributed by atoms with Crippen molar-refractivity contribution in [2.45, 2.75) is 32.6 Å². The lowest BCUT2D eigenvalue weighted by Gasteiger charge is -2.26. The molecule has 0 aromatic carbocycles. The van der Waals surface area contributed by atoms with E-state index < -0.39 is 0 Å². The quantitative estimate of drug-likeness (QED) is 0.695. The molecule has 3 heteroatoms. The van der Waals surface area contributed by atoms with Gasteiger partial charge in [0.1, 0.15) is 0 Å². The summed E-state index contributed by atoms with van der Waals surface area (Å²) in [6, 6.07) is 0. The van der Waals surface area contributed by atoms with Gasteiger partial charge in [-0.05, 0) is 25.2 Å². The molecular weight excluding hydrogens is 164 g/mol. The highest BCUT2D eigenvalue weighted by Crippen LogP contribution is 2.37. The Hall–Kier alpha value is -0.570. The fourth-order valence-electron chi connectivity index (χ4n) is 1.93. The number of hydrogen-bond acceptors (Lipinski definition) is 2. The first-order valence-corrected chi connectivity index (χ1v) is 5.33. The lowest BCUT2D eigenvalue weighted by atomic mass is 10.2. The maximum atomic E-state index is 11.5. The van der Waals surface area contributed by atoms with Gasteiger partial charge in [0, 0.05) is 19.0 Å². The zero-order chi connectivity index (χ0) is 9.26. The largest absolute Gasteiger partial charge is 0.289 e. The van der Waals surface area contributed by atoms with E-state index in [9.17, 15) is 4.79 Å². The van der Waals surface area contributed by atoms with Crippen LogP contribution in [-0.4, -0.2) is 24.0 Å². The Morgan fingerprint density at radius 3 is 2.46 bits per heavy atom. The topological polar surface area (TPSA) is 32.3 Å². The number of nitrogens with one attached hydrogen (secondary N) is 1. The van der Waals surface area contributed by atoms with Crippen LogP contribution >= 0.6 is 0 Å². The van der Waals surface area contributed by atoms with Crippen molar-refractivity contribution in [3.63, 3.8) is 0 Å². The zero-order valence-corrected chi connectivity index (χ0v) is 8.25. The maximum Gasteiger partial charge on any atom is 0.237 e. The zero-order valence-electron chi connectivity index (χ0n) is 8.25. The van der Waals surface area contributed by atoms with E-state index in [-0.39, 0.29) is 5.91 Å². The van der Waals surface area contributed by atoms with Crippen LogP contribution in [0.15, 0.2) is 0 Å². The average Bonchev–Trinajstić information content (AvgIpc) is 2.84. The normalized spacial score (nSPS) is 34.2. The molecule has 0 unspecified atom stereocenters. The monoisotopic (exact) mass is 182 g/mol. The van der Waals surface area contributed by atoms with Gasteiger partial charge in [0.25, 0.3) is 0 Å². The van der Waals surface area contributed by atoms with Crippen molar-refractivity contribution in [3.8, 4) is 0 Å². The summed E-state index contributed by atoms with van der Waals surface area (Å²) in [5.74, 6) is 1.17. The maximum absolute atomic E-state index is 11.5. The van der Waals surface area contributed by atoms with Crippen molar-refractivity contribution in [3.05, 3.63) is 0 Å². The molecule has 3 nitrogen and oxygen atoms in total. The Labute approximate surface area is 79.5 Å². The van der Waals surface area contributed by atoms with E-state index >= 15 is 0 Å². The minimum absolute atomic E-state index is 0.245. The van der Waals surface area contributed by atoms with Gasteiger partial charge in [-0.3, -0.25) is 10.2 Å².